The zero-order valence-electron chi connectivity index (χ0n) is 11.2. The van der Waals surface area contributed by atoms with Crippen LogP contribution in [0.25, 0.3) is 0 Å². The van der Waals surface area contributed by atoms with E-state index in [1.54, 1.807) is 17.8 Å². The molecular weight excluding hydrogens is 418 g/mol. The number of benzene rings is 2. The van der Waals surface area contributed by atoms with Crippen LogP contribution in [-0.4, -0.2) is 18.8 Å². The molecule has 0 saturated heterocycles. The van der Waals surface area contributed by atoms with Crippen molar-refractivity contribution in [3.63, 3.8) is 0 Å². The number of thioether (sulfide) groups is 1. The van der Waals surface area contributed by atoms with Crippen LogP contribution in [-0.2, 0) is 4.79 Å². The first-order valence-corrected chi connectivity index (χ1v) is 8.92. The molecule has 2 aromatic rings. The van der Waals surface area contributed by atoms with Crippen LogP contribution in [0.15, 0.2) is 56.3 Å². The lowest BCUT2D eigenvalue weighted by atomic mass is 10.3. The average Bonchev–Trinajstić information content (AvgIpc) is 2.47. The number of anilines is 1. The highest BCUT2D eigenvalue weighted by Crippen LogP contribution is 2.28. The standard InChI is InChI=1S/C15H13Br2NO2S/c1-21-14-5-3-2-4-12(14)18-15(19)9-20-13-7-6-10(16)8-11(13)17/h2-8H,9H2,1H3,(H,18,19). The fourth-order valence-electron chi connectivity index (χ4n) is 1.67. The van der Waals surface area contributed by atoms with E-state index in [4.69, 9.17) is 4.74 Å². The summed E-state index contributed by atoms with van der Waals surface area (Å²) in [6.07, 6.45) is 1.97. The van der Waals surface area contributed by atoms with E-state index in [-0.39, 0.29) is 12.5 Å². The lowest BCUT2D eigenvalue weighted by Gasteiger charge is -2.11. The fourth-order valence-corrected chi connectivity index (χ4v) is 3.38. The third kappa shape index (κ3) is 4.76. The number of carbonyl (C=O) groups excluding carboxylic acids is 1. The Morgan fingerprint density at radius 1 is 1.24 bits per heavy atom. The van der Waals surface area contributed by atoms with E-state index in [1.807, 2.05) is 42.7 Å². The van der Waals surface area contributed by atoms with Gasteiger partial charge in [0.25, 0.3) is 5.91 Å². The number of halogens is 2. The molecule has 1 amide bonds. The van der Waals surface area contributed by atoms with E-state index < -0.39 is 0 Å². The van der Waals surface area contributed by atoms with Crippen molar-refractivity contribution >= 4 is 55.2 Å². The molecule has 0 aliphatic carbocycles. The van der Waals surface area contributed by atoms with Gasteiger partial charge in [-0.2, -0.15) is 0 Å². The highest BCUT2D eigenvalue weighted by Gasteiger charge is 2.08. The van der Waals surface area contributed by atoms with Gasteiger partial charge in [0.15, 0.2) is 6.61 Å². The minimum atomic E-state index is -0.189. The molecule has 0 atom stereocenters. The van der Waals surface area contributed by atoms with Gasteiger partial charge >= 0.3 is 0 Å². The number of carbonyl (C=O) groups is 1. The molecular formula is C15H13Br2NO2S. The summed E-state index contributed by atoms with van der Waals surface area (Å²) < 4.78 is 7.26. The highest BCUT2D eigenvalue weighted by molar-refractivity contribution is 9.11. The molecule has 1 N–H and O–H groups in total. The zero-order valence-corrected chi connectivity index (χ0v) is 15.2. The molecule has 0 heterocycles. The molecule has 0 spiro atoms. The van der Waals surface area contributed by atoms with Crippen molar-refractivity contribution < 1.29 is 9.53 Å². The summed E-state index contributed by atoms with van der Waals surface area (Å²) in [5.74, 6) is 0.442. The summed E-state index contributed by atoms with van der Waals surface area (Å²) >= 11 is 8.35. The predicted molar refractivity (Wildman–Crippen MR) is 94.2 cm³/mol. The Morgan fingerprint density at radius 2 is 2.00 bits per heavy atom. The molecule has 0 aromatic heterocycles. The van der Waals surface area contributed by atoms with Gasteiger partial charge in [-0.05, 0) is 52.5 Å². The van der Waals surface area contributed by atoms with Crippen molar-refractivity contribution in [3.8, 4) is 5.75 Å². The van der Waals surface area contributed by atoms with Crippen molar-refractivity contribution in [1.29, 1.82) is 0 Å². The van der Waals surface area contributed by atoms with Gasteiger partial charge in [-0.25, -0.2) is 0 Å². The van der Waals surface area contributed by atoms with Crippen LogP contribution >= 0.6 is 43.6 Å². The molecule has 0 aliphatic rings. The summed E-state index contributed by atoms with van der Waals surface area (Å²) in [6, 6.07) is 13.2. The van der Waals surface area contributed by atoms with Crippen LogP contribution in [0.3, 0.4) is 0 Å². The van der Waals surface area contributed by atoms with Crippen LogP contribution < -0.4 is 10.1 Å². The number of hydrogen-bond acceptors (Lipinski definition) is 3. The van der Waals surface area contributed by atoms with E-state index in [9.17, 15) is 4.79 Å². The van der Waals surface area contributed by atoms with Crippen molar-refractivity contribution in [2.75, 3.05) is 18.2 Å². The molecule has 0 radical (unpaired) electrons. The molecule has 0 aliphatic heterocycles. The Labute approximate surface area is 144 Å². The maximum absolute atomic E-state index is 12.0. The molecule has 0 saturated carbocycles. The topological polar surface area (TPSA) is 38.3 Å². The minimum absolute atomic E-state index is 0.0387. The number of ether oxygens (including phenoxy) is 1. The van der Waals surface area contributed by atoms with E-state index in [0.717, 1.165) is 19.5 Å². The Bertz CT molecular complexity index is 649. The second kappa shape index (κ2) is 7.87. The van der Waals surface area contributed by atoms with Crippen molar-refractivity contribution in [1.82, 2.24) is 0 Å². The molecule has 2 rings (SSSR count). The monoisotopic (exact) mass is 429 g/mol. The maximum Gasteiger partial charge on any atom is 0.262 e. The van der Waals surface area contributed by atoms with Crippen LogP contribution in [0.2, 0.25) is 0 Å². The first kappa shape index (κ1) is 16.4. The van der Waals surface area contributed by atoms with E-state index in [0.29, 0.717) is 5.75 Å². The van der Waals surface area contributed by atoms with E-state index >= 15 is 0 Å². The van der Waals surface area contributed by atoms with Gasteiger partial charge in [-0.1, -0.05) is 28.1 Å². The summed E-state index contributed by atoms with van der Waals surface area (Å²) in [5, 5.41) is 2.85. The average molecular weight is 431 g/mol. The van der Waals surface area contributed by atoms with E-state index in [2.05, 4.69) is 37.2 Å². The molecule has 0 bridgehead atoms. The Hall–Kier alpha value is -0.980. The van der Waals surface area contributed by atoms with Crippen molar-refractivity contribution in [2.45, 2.75) is 4.90 Å². The number of amides is 1. The highest BCUT2D eigenvalue weighted by atomic mass is 79.9. The third-order valence-electron chi connectivity index (χ3n) is 2.63. The summed E-state index contributed by atoms with van der Waals surface area (Å²) in [4.78, 5) is 13.0. The third-order valence-corrected chi connectivity index (χ3v) is 4.54. The Kier molecular flexibility index (Phi) is 6.14. The van der Waals surface area contributed by atoms with Crippen LogP contribution in [0.1, 0.15) is 0 Å². The van der Waals surface area contributed by atoms with Crippen LogP contribution in [0.4, 0.5) is 5.69 Å². The molecule has 6 heteroatoms. The van der Waals surface area contributed by atoms with Gasteiger partial charge in [-0.15, -0.1) is 11.8 Å². The summed E-state index contributed by atoms with van der Waals surface area (Å²) in [5.41, 5.74) is 0.800. The molecule has 2 aromatic carbocycles. The predicted octanol–water partition coefficient (Wildman–Crippen LogP) is 4.95. The van der Waals surface area contributed by atoms with Gasteiger partial charge in [0.2, 0.25) is 0 Å². The second-order valence-corrected chi connectivity index (χ2v) is 6.73. The number of nitrogens with one attached hydrogen (secondary N) is 1. The smallest absolute Gasteiger partial charge is 0.262 e. The lowest BCUT2D eigenvalue weighted by Crippen LogP contribution is -2.20. The number of hydrogen-bond donors (Lipinski definition) is 1. The van der Waals surface area contributed by atoms with Gasteiger partial charge in [0.1, 0.15) is 5.75 Å². The molecule has 0 fully saturated rings. The van der Waals surface area contributed by atoms with Gasteiger partial charge in [0.05, 0.1) is 10.2 Å². The number of rotatable bonds is 5. The first-order chi connectivity index (χ1) is 10.1. The molecule has 21 heavy (non-hydrogen) atoms. The van der Waals surface area contributed by atoms with Gasteiger partial charge < -0.3 is 10.1 Å². The van der Waals surface area contributed by atoms with Gasteiger partial charge in [0, 0.05) is 9.37 Å². The van der Waals surface area contributed by atoms with Crippen molar-refractivity contribution in [3.05, 3.63) is 51.4 Å². The summed E-state index contributed by atoms with van der Waals surface area (Å²) in [7, 11) is 0. The Balaban J connectivity index is 1.96. The quantitative estimate of drug-likeness (QED) is 0.682. The van der Waals surface area contributed by atoms with Crippen molar-refractivity contribution in [2.24, 2.45) is 0 Å². The molecule has 0 unspecified atom stereocenters. The number of para-hydroxylation sites is 1. The Morgan fingerprint density at radius 3 is 2.71 bits per heavy atom. The lowest BCUT2D eigenvalue weighted by molar-refractivity contribution is -0.118. The maximum atomic E-state index is 12.0. The van der Waals surface area contributed by atoms with Gasteiger partial charge in [-0.3, -0.25) is 4.79 Å². The van der Waals surface area contributed by atoms with Crippen LogP contribution in [0.5, 0.6) is 5.75 Å². The summed E-state index contributed by atoms with van der Waals surface area (Å²) in [6.45, 7) is -0.0387. The first-order valence-electron chi connectivity index (χ1n) is 6.11. The SMILES string of the molecule is CSc1ccccc1NC(=O)COc1ccc(Br)cc1Br. The normalized spacial score (nSPS) is 10.2. The largest absolute Gasteiger partial charge is 0.483 e. The van der Waals surface area contributed by atoms with Crippen LogP contribution in [0, 0.1) is 0 Å². The molecule has 110 valence electrons. The molecule has 3 nitrogen and oxygen atoms in total. The zero-order chi connectivity index (χ0) is 15.2. The fraction of sp³-hybridized carbons (Fsp3) is 0.133. The second-order valence-electron chi connectivity index (χ2n) is 4.11. The minimum Gasteiger partial charge on any atom is -0.483 e. The van der Waals surface area contributed by atoms with E-state index in [1.165, 1.54) is 0 Å².